The zero-order chi connectivity index (χ0) is 20.0. The van der Waals surface area contributed by atoms with Gasteiger partial charge < -0.3 is 14.5 Å². The van der Waals surface area contributed by atoms with Crippen LogP contribution in [0.2, 0.25) is 0 Å². The Bertz CT molecular complexity index is 1200. The number of aromatic nitrogens is 5. The fraction of sp³-hybridized carbons (Fsp3) is 0.316. The predicted octanol–water partition coefficient (Wildman–Crippen LogP) is 2.24. The molecule has 9 nitrogen and oxygen atoms in total. The van der Waals surface area contributed by atoms with Crippen LogP contribution in [0.4, 0.5) is 11.6 Å². The molecule has 1 aliphatic heterocycles. The van der Waals surface area contributed by atoms with E-state index in [9.17, 15) is 4.79 Å². The number of hydrogen-bond donors (Lipinski definition) is 0. The van der Waals surface area contributed by atoms with E-state index < -0.39 is 0 Å². The summed E-state index contributed by atoms with van der Waals surface area (Å²) in [6, 6.07) is 2.22. The lowest BCUT2D eigenvalue weighted by Crippen LogP contribution is -2.52. The first-order valence-corrected chi connectivity index (χ1v) is 10.2. The molecule has 0 amide bonds. The number of thiophene rings is 1. The summed E-state index contributed by atoms with van der Waals surface area (Å²) >= 11 is 1.53. The molecule has 5 rings (SSSR count). The third kappa shape index (κ3) is 2.87. The van der Waals surface area contributed by atoms with Crippen molar-refractivity contribution < 1.29 is 9.53 Å². The molecule has 1 unspecified atom stereocenters. The lowest BCUT2D eigenvalue weighted by molar-refractivity contribution is 0.0603. The maximum atomic E-state index is 12.1. The van der Waals surface area contributed by atoms with Crippen molar-refractivity contribution >= 4 is 44.7 Å². The summed E-state index contributed by atoms with van der Waals surface area (Å²) in [6.07, 6.45) is 6.92. The molecular weight excluding hydrogens is 390 g/mol. The number of carbonyl (C=O) groups excluding carboxylic acids is 1. The monoisotopic (exact) mass is 409 g/mol. The number of fused-ring (bicyclic) bond motifs is 2. The second kappa shape index (κ2) is 6.96. The van der Waals surface area contributed by atoms with Crippen LogP contribution in [0, 0.1) is 0 Å². The highest BCUT2D eigenvalue weighted by Crippen LogP contribution is 2.33. The van der Waals surface area contributed by atoms with Gasteiger partial charge in [0.15, 0.2) is 5.82 Å². The van der Waals surface area contributed by atoms with E-state index in [-0.39, 0.29) is 12.0 Å². The van der Waals surface area contributed by atoms with E-state index in [1.54, 1.807) is 18.7 Å². The van der Waals surface area contributed by atoms with E-state index in [1.807, 2.05) is 22.0 Å². The Kier molecular flexibility index (Phi) is 4.27. The number of piperazine rings is 1. The third-order valence-corrected chi connectivity index (χ3v) is 6.22. The molecule has 29 heavy (non-hydrogen) atoms. The van der Waals surface area contributed by atoms with Gasteiger partial charge in [0.1, 0.15) is 12.1 Å². The minimum atomic E-state index is -0.359. The van der Waals surface area contributed by atoms with Crippen LogP contribution < -0.4 is 9.80 Å². The van der Waals surface area contributed by atoms with Crippen LogP contribution in [0.15, 0.2) is 36.4 Å². The molecule has 0 N–H and O–H groups in total. The Morgan fingerprint density at radius 2 is 2.17 bits per heavy atom. The quantitative estimate of drug-likeness (QED) is 0.476. The number of anilines is 2. The van der Waals surface area contributed by atoms with Crippen molar-refractivity contribution in [1.29, 1.82) is 0 Å². The fourth-order valence-corrected chi connectivity index (χ4v) is 4.76. The van der Waals surface area contributed by atoms with Gasteiger partial charge >= 0.3 is 5.97 Å². The van der Waals surface area contributed by atoms with Crippen molar-refractivity contribution in [3.05, 3.63) is 41.9 Å². The molecule has 0 saturated carbocycles. The van der Waals surface area contributed by atoms with Gasteiger partial charge in [-0.2, -0.15) is 0 Å². The average molecular weight is 409 g/mol. The topological polar surface area (TPSA) is 88.8 Å². The van der Waals surface area contributed by atoms with Crippen LogP contribution in [-0.4, -0.2) is 63.3 Å². The summed E-state index contributed by atoms with van der Waals surface area (Å²) in [5, 5.41) is 11.2. The van der Waals surface area contributed by atoms with E-state index in [2.05, 4.69) is 36.9 Å². The summed E-state index contributed by atoms with van der Waals surface area (Å²) in [5.41, 5.74) is 1.27. The fourth-order valence-electron chi connectivity index (χ4n) is 3.87. The molecule has 10 heteroatoms. The van der Waals surface area contributed by atoms with Gasteiger partial charge in [-0.3, -0.25) is 4.40 Å². The molecule has 1 atom stereocenters. The van der Waals surface area contributed by atoms with Crippen LogP contribution in [0.25, 0.3) is 15.7 Å². The summed E-state index contributed by atoms with van der Waals surface area (Å²) in [7, 11) is 1.39. The molecule has 0 spiro atoms. The SMILES string of the molecule is COC(=O)c1cnc(N2CCN(c3nccn4cnnc34)C(C)C2)c2ccsc12. The average Bonchev–Trinajstić information content (AvgIpc) is 3.42. The van der Waals surface area contributed by atoms with Gasteiger partial charge in [0, 0.05) is 49.7 Å². The van der Waals surface area contributed by atoms with Crippen LogP contribution in [-0.2, 0) is 4.74 Å². The lowest BCUT2D eigenvalue weighted by Gasteiger charge is -2.41. The van der Waals surface area contributed by atoms with E-state index >= 15 is 0 Å². The number of methoxy groups -OCH3 is 1. The highest BCUT2D eigenvalue weighted by molar-refractivity contribution is 7.17. The third-order valence-electron chi connectivity index (χ3n) is 5.27. The normalized spacial score (nSPS) is 17.2. The maximum absolute atomic E-state index is 12.1. The van der Waals surface area contributed by atoms with Crippen molar-refractivity contribution in [2.24, 2.45) is 0 Å². The highest BCUT2D eigenvalue weighted by Gasteiger charge is 2.29. The van der Waals surface area contributed by atoms with Gasteiger partial charge in [-0.25, -0.2) is 14.8 Å². The van der Waals surface area contributed by atoms with E-state index in [0.717, 1.165) is 47.0 Å². The zero-order valence-electron chi connectivity index (χ0n) is 16.0. The Labute approximate surface area is 170 Å². The van der Waals surface area contributed by atoms with Gasteiger partial charge in [-0.1, -0.05) is 0 Å². The van der Waals surface area contributed by atoms with Gasteiger partial charge in [-0.15, -0.1) is 21.5 Å². The van der Waals surface area contributed by atoms with E-state index in [4.69, 9.17) is 4.74 Å². The number of carbonyl (C=O) groups is 1. The Morgan fingerprint density at radius 1 is 1.28 bits per heavy atom. The number of pyridine rings is 1. The summed E-state index contributed by atoms with van der Waals surface area (Å²) < 4.78 is 7.68. The van der Waals surface area contributed by atoms with Crippen molar-refractivity contribution in [1.82, 2.24) is 24.6 Å². The molecule has 1 saturated heterocycles. The molecule has 0 aromatic carbocycles. The number of ether oxygens (including phenoxy) is 1. The minimum Gasteiger partial charge on any atom is -0.465 e. The number of hydrogen-bond acceptors (Lipinski definition) is 9. The van der Waals surface area contributed by atoms with Gasteiger partial charge in [0.2, 0.25) is 5.65 Å². The van der Waals surface area contributed by atoms with Crippen molar-refractivity contribution in [3.8, 4) is 0 Å². The van der Waals surface area contributed by atoms with Gasteiger partial charge in [0.05, 0.1) is 17.4 Å². The first-order valence-electron chi connectivity index (χ1n) is 9.28. The number of nitrogens with zero attached hydrogens (tertiary/aromatic N) is 7. The van der Waals surface area contributed by atoms with Crippen LogP contribution in [0.3, 0.4) is 0 Å². The minimum absolute atomic E-state index is 0.204. The molecule has 1 aliphatic rings. The summed E-state index contributed by atoms with van der Waals surface area (Å²) in [6.45, 7) is 4.53. The molecule has 0 radical (unpaired) electrons. The zero-order valence-corrected chi connectivity index (χ0v) is 16.8. The van der Waals surface area contributed by atoms with Crippen molar-refractivity contribution in [2.75, 3.05) is 36.5 Å². The Hall–Kier alpha value is -3.27. The Morgan fingerprint density at radius 3 is 3.00 bits per heavy atom. The smallest absolute Gasteiger partial charge is 0.340 e. The maximum Gasteiger partial charge on any atom is 0.340 e. The second-order valence-electron chi connectivity index (χ2n) is 6.95. The van der Waals surface area contributed by atoms with E-state index in [1.165, 1.54) is 18.4 Å². The summed E-state index contributed by atoms with van der Waals surface area (Å²) in [5.74, 6) is 1.38. The molecule has 1 fully saturated rings. The van der Waals surface area contributed by atoms with Crippen LogP contribution in [0.1, 0.15) is 17.3 Å². The number of esters is 1. The van der Waals surface area contributed by atoms with E-state index in [0.29, 0.717) is 5.56 Å². The highest BCUT2D eigenvalue weighted by atomic mass is 32.1. The molecule has 148 valence electrons. The van der Waals surface area contributed by atoms with Gasteiger partial charge in [0.25, 0.3) is 0 Å². The first kappa shape index (κ1) is 17.8. The lowest BCUT2D eigenvalue weighted by atomic mass is 10.1. The molecular formula is C19H19N7O2S. The van der Waals surface area contributed by atoms with Gasteiger partial charge in [-0.05, 0) is 18.4 Å². The largest absolute Gasteiger partial charge is 0.465 e. The summed E-state index contributed by atoms with van der Waals surface area (Å²) in [4.78, 5) is 25.7. The second-order valence-corrected chi connectivity index (χ2v) is 7.87. The molecule has 4 aromatic heterocycles. The van der Waals surface area contributed by atoms with Crippen molar-refractivity contribution in [3.63, 3.8) is 0 Å². The predicted molar refractivity (Wildman–Crippen MR) is 111 cm³/mol. The molecule has 0 bridgehead atoms. The van der Waals surface area contributed by atoms with Crippen molar-refractivity contribution in [2.45, 2.75) is 13.0 Å². The molecule has 4 aromatic rings. The van der Waals surface area contributed by atoms with Crippen LogP contribution in [0.5, 0.6) is 0 Å². The standard InChI is InChI=1S/C19H19N7O2S/c1-12-10-24(6-7-26(12)17-18-23-22-11-25(18)5-4-20-17)16-13-3-8-29-15(13)14(9-21-16)19(27)28-2/h3-5,8-9,11-12H,6-7,10H2,1-2H3. The Balaban J connectivity index is 1.45. The van der Waals surface area contributed by atoms with Crippen LogP contribution >= 0.6 is 11.3 Å². The first-order chi connectivity index (χ1) is 14.2. The molecule has 0 aliphatic carbocycles. The molecule has 5 heterocycles. The number of rotatable bonds is 3.